The normalized spacial score (nSPS) is 15.7. The molecule has 0 bridgehead atoms. The summed E-state index contributed by atoms with van der Waals surface area (Å²) in [5, 5.41) is 5.61. The second kappa shape index (κ2) is 7.79. The second-order valence-corrected chi connectivity index (χ2v) is 9.69. The van der Waals surface area contributed by atoms with Crippen molar-refractivity contribution >= 4 is 16.8 Å². The molecule has 0 spiro atoms. The van der Waals surface area contributed by atoms with Crippen molar-refractivity contribution in [1.29, 1.82) is 0 Å². The van der Waals surface area contributed by atoms with Crippen molar-refractivity contribution in [2.24, 2.45) is 7.05 Å². The Labute approximate surface area is 199 Å². The molecule has 4 heterocycles. The number of amides is 1. The molecule has 3 aromatic heterocycles. The molecule has 1 aromatic carbocycles. The summed E-state index contributed by atoms with van der Waals surface area (Å²) in [5.74, 6) is 1.95. The zero-order chi connectivity index (χ0) is 23.6. The van der Waals surface area contributed by atoms with Gasteiger partial charge in [-0.25, -0.2) is 9.97 Å². The number of rotatable bonds is 4. The molecule has 0 radical (unpaired) electrons. The molecule has 34 heavy (non-hydrogen) atoms. The predicted octanol–water partition coefficient (Wildman–Crippen LogP) is 4.75. The summed E-state index contributed by atoms with van der Waals surface area (Å²) in [7, 11) is 1.94. The minimum Gasteiger partial charge on any atom is -0.335 e. The summed E-state index contributed by atoms with van der Waals surface area (Å²) in [5.41, 5.74) is 8.36. The van der Waals surface area contributed by atoms with Crippen LogP contribution in [0.15, 0.2) is 30.5 Å². The molecule has 2 aliphatic rings. The van der Waals surface area contributed by atoms with Gasteiger partial charge in [0, 0.05) is 55.2 Å². The van der Waals surface area contributed by atoms with Gasteiger partial charge in [0.15, 0.2) is 0 Å². The van der Waals surface area contributed by atoms with Crippen molar-refractivity contribution in [1.82, 2.24) is 29.2 Å². The average molecular weight is 455 g/mol. The van der Waals surface area contributed by atoms with Gasteiger partial charge in [-0.1, -0.05) is 19.1 Å². The number of hydrogen-bond donors (Lipinski definition) is 0. The van der Waals surface area contributed by atoms with E-state index in [0.29, 0.717) is 18.9 Å². The maximum atomic E-state index is 12.5. The first-order valence-corrected chi connectivity index (χ1v) is 12.2. The lowest BCUT2D eigenvalue weighted by Gasteiger charge is -2.29. The third kappa shape index (κ3) is 3.33. The van der Waals surface area contributed by atoms with Crippen molar-refractivity contribution in [3.05, 3.63) is 53.2 Å². The highest BCUT2D eigenvalue weighted by molar-refractivity contribution is 5.96. The zero-order valence-corrected chi connectivity index (χ0v) is 20.3. The standard InChI is InChI=1S/C27H30N6O/c1-5-24(34)32-11-12-33-23(15-32)26(29-27(33)18-9-10-18)19-7-6-8-22-20(19)13-16(2)25(28-22)21-14-31(4)30-17(21)3/h6-8,13-14,18H,5,9-12,15H2,1-4H3. The fraction of sp³-hybridized carbons (Fsp3) is 0.407. The van der Waals surface area contributed by atoms with Crippen LogP contribution in [0.5, 0.6) is 0 Å². The monoisotopic (exact) mass is 454 g/mol. The summed E-state index contributed by atoms with van der Waals surface area (Å²) in [6, 6.07) is 8.53. The first kappa shape index (κ1) is 21.1. The minimum atomic E-state index is 0.207. The van der Waals surface area contributed by atoms with Crippen molar-refractivity contribution in [2.45, 2.75) is 59.0 Å². The van der Waals surface area contributed by atoms with Gasteiger partial charge in [-0.15, -0.1) is 0 Å². The van der Waals surface area contributed by atoms with Crippen LogP contribution < -0.4 is 0 Å². The van der Waals surface area contributed by atoms with Crippen molar-refractivity contribution < 1.29 is 4.79 Å². The fourth-order valence-corrected chi connectivity index (χ4v) is 5.31. The summed E-state index contributed by atoms with van der Waals surface area (Å²) in [6.45, 7) is 8.29. The van der Waals surface area contributed by atoms with Crippen LogP contribution in [0, 0.1) is 13.8 Å². The molecule has 1 amide bonds. The van der Waals surface area contributed by atoms with Gasteiger partial charge in [0.1, 0.15) is 5.82 Å². The molecule has 6 rings (SSSR count). The third-order valence-electron chi connectivity index (χ3n) is 7.21. The lowest BCUT2D eigenvalue weighted by atomic mass is 9.99. The van der Waals surface area contributed by atoms with Crippen LogP contribution in [0.3, 0.4) is 0 Å². The van der Waals surface area contributed by atoms with E-state index in [1.54, 1.807) is 0 Å². The Bertz CT molecular complexity index is 1440. The van der Waals surface area contributed by atoms with Crippen LogP contribution in [0.4, 0.5) is 0 Å². The number of carbonyl (C=O) groups excluding carboxylic acids is 1. The third-order valence-corrected chi connectivity index (χ3v) is 7.21. The van der Waals surface area contributed by atoms with Crippen LogP contribution in [-0.2, 0) is 24.9 Å². The summed E-state index contributed by atoms with van der Waals surface area (Å²) in [4.78, 5) is 24.8. The zero-order valence-electron chi connectivity index (χ0n) is 20.3. The Hall–Kier alpha value is -3.48. The number of aromatic nitrogens is 5. The molecule has 1 saturated carbocycles. The van der Waals surface area contributed by atoms with E-state index >= 15 is 0 Å². The predicted molar refractivity (Wildman–Crippen MR) is 132 cm³/mol. The molecular weight excluding hydrogens is 424 g/mol. The molecule has 174 valence electrons. The minimum absolute atomic E-state index is 0.207. The van der Waals surface area contributed by atoms with Crippen LogP contribution in [0.1, 0.15) is 54.9 Å². The highest BCUT2D eigenvalue weighted by atomic mass is 16.2. The molecule has 7 nitrogen and oxygen atoms in total. The SMILES string of the molecule is CCC(=O)N1CCn2c(C3CC3)nc(-c3cccc4nc(-c5cn(C)nc5C)c(C)cc34)c2C1. The molecule has 1 aliphatic heterocycles. The van der Waals surface area contributed by atoms with Crippen LogP contribution in [0.2, 0.25) is 0 Å². The van der Waals surface area contributed by atoms with Gasteiger partial charge in [0.25, 0.3) is 0 Å². The largest absolute Gasteiger partial charge is 0.335 e. The van der Waals surface area contributed by atoms with E-state index in [4.69, 9.17) is 9.97 Å². The van der Waals surface area contributed by atoms with E-state index in [1.807, 2.05) is 36.7 Å². The highest BCUT2D eigenvalue weighted by Crippen LogP contribution is 2.43. The van der Waals surface area contributed by atoms with Gasteiger partial charge in [-0.05, 0) is 44.4 Å². The molecule has 1 fully saturated rings. The molecule has 0 N–H and O–H groups in total. The summed E-state index contributed by atoms with van der Waals surface area (Å²) >= 11 is 0. The van der Waals surface area contributed by atoms with Gasteiger partial charge < -0.3 is 9.47 Å². The van der Waals surface area contributed by atoms with Crippen LogP contribution in [-0.4, -0.2) is 41.7 Å². The van der Waals surface area contributed by atoms with E-state index in [-0.39, 0.29) is 5.91 Å². The molecule has 0 saturated heterocycles. The number of imidazole rings is 1. The number of carbonyl (C=O) groups is 1. The molecule has 0 unspecified atom stereocenters. The van der Waals surface area contributed by atoms with Crippen molar-refractivity contribution in [3.8, 4) is 22.5 Å². The number of nitrogens with zero attached hydrogens (tertiary/aromatic N) is 6. The fourth-order valence-electron chi connectivity index (χ4n) is 5.31. The Morgan fingerprint density at radius 1 is 1.09 bits per heavy atom. The van der Waals surface area contributed by atoms with E-state index in [1.165, 1.54) is 18.7 Å². The van der Waals surface area contributed by atoms with Gasteiger partial charge in [-0.3, -0.25) is 9.48 Å². The smallest absolute Gasteiger partial charge is 0.222 e. The number of aryl methyl sites for hydroxylation is 3. The maximum Gasteiger partial charge on any atom is 0.222 e. The first-order chi connectivity index (χ1) is 16.4. The Kier molecular flexibility index (Phi) is 4.83. The summed E-state index contributed by atoms with van der Waals surface area (Å²) in [6.07, 6.45) is 4.98. The molecule has 4 aromatic rings. The number of pyridine rings is 1. The molecule has 0 atom stereocenters. The highest BCUT2D eigenvalue weighted by Gasteiger charge is 2.34. The quantitative estimate of drug-likeness (QED) is 0.446. The molecule has 7 heteroatoms. The maximum absolute atomic E-state index is 12.5. The van der Waals surface area contributed by atoms with Gasteiger partial charge >= 0.3 is 0 Å². The average Bonchev–Trinajstić information content (AvgIpc) is 3.53. The Morgan fingerprint density at radius 2 is 1.91 bits per heavy atom. The number of fused-ring (bicyclic) bond motifs is 2. The van der Waals surface area contributed by atoms with Gasteiger partial charge in [-0.2, -0.15) is 5.10 Å². The van der Waals surface area contributed by atoms with E-state index in [9.17, 15) is 4.79 Å². The Morgan fingerprint density at radius 3 is 2.62 bits per heavy atom. The second-order valence-electron chi connectivity index (χ2n) is 9.69. The van der Waals surface area contributed by atoms with E-state index < -0.39 is 0 Å². The van der Waals surface area contributed by atoms with Gasteiger partial charge in [0.05, 0.1) is 34.8 Å². The lowest BCUT2D eigenvalue weighted by molar-refractivity contribution is -0.132. The number of hydrogen-bond acceptors (Lipinski definition) is 4. The van der Waals surface area contributed by atoms with Crippen LogP contribution in [0.25, 0.3) is 33.4 Å². The molecule has 1 aliphatic carbocycles. The van der Waals surface area contributed by atoms with Gasteiger partial charge in [0.2, 0.25) is 5.91 Å². The van der Waals surface area contributed by atoms with Crippen molar-refractivity contribution in [2.75, 3.05) is 6.54 Å². The Balaban J connectivity index is 1.51. The summed E-state index contributed by atoms with van der Waals surface area (Å²) < 4.78 is 4.23. The lowest BCUT2D eigenvalue weighted by Crippen LogP contribution is -2.38. The van der Waals surface area contributed by atoms with Crippen molar-refractivity contribution in [3.63, 3.8) is 0 Å². The van der Waals surface area contributed by atoms with E-state index in [0.717, 1.165) is 63.5 Å². The van der Waals surface area contributed by atoms with E-state index in [2.05, 4.69) is 40.9 Å². The van der Waals surface area contributed by atoms with Crippen LogP contribution >= 0.6 is 0 Å². The number of benzene rings is 1. The topological polar surface area (TPSA) is 68.8 Å². The first-order valence-electron chi connectivity index (χ1n) is 12.2. The molecular formula is C27H30N6O.